The molecule has 1 saturated heterocycles. The van der Waals surface area contributed by atoms with Crippen molar-refractivity contribution in [1.82, 2.24) is 15.0 Å². The van der Waals surface area contributed by atoms with E-state index >= 15 is 0 Å². The summed E-state index contributed by atoms with van der Waals surface area (Å²) in [5.74, 6) is 0.886. The van der Waals surface area contributed by atoms with E-state index in [1.807, 2.05) is 36.4 Å². The molecule has 2 aromatic carbocycles. The summed E-state index contributed by atoms with van der Waals surface area (Å²) in [6.45, 7) is 4.13. The fourth-order valence-electron chi connectivity index (χ4n) is 4.10. The fourth-order valence-corrected chi connectivity index (χ4v) is 4.91. The Labute approximate surface area is 190 Å². The largest absolute Gasteiger partial charge is 0.370 e. The Kier molecular flexibility index (Phi) is 5.77. The van der Waals surface area contributed by atoms with Gasteiger partial charge >= 0.3 is 6.03 Å². The van der Waals surface area contributed by atoms with Crippen LogP contribution < -0.4 is 15.5 Å². The molecular formula is C24H26N6OS. The molecule has 3 N–H and O–H groups in total. The van der Waals surface area contributed by atoms with Crippen LogP contribution in [0, 0.1) is 6.92 Å². The maximum Gasteiger partial charge on any atom is 0.325 e. The summed E-state index contributed by atoms with van der Waals surface area (Å²) in [5, 5.41) is 6.46. The number of nitrogens with one attached hydrogen (secondary N) is 3. The quantitative estimate of drug-likeness (QED) is 0.375. The Hall–Kier alpha value is -3.39. The average Bonchev–Trinajstić information content (AvgIpc) is 3.41. The zero-order valence-corrected chi connectivity index (χ0v) is 18.8. The summed E-state index contributed by atoms with van der Waals surface area (Å²) in [5.41, 5.74) is 5.07. The second-order valence-corrected chi connectivity index (χ2v) is 9.27. The predicted octanol–water partition coefficient (Wildman–Crippen LogP) is 5.55. The number of anilines is 3. The molecule has 1 aliphatic heterocycles. The van der Waals surface area contributed by atoms with Gasteiger partial charge in [-0.2, -0.15) is 0 Å². The number of aryl methyl sites for hydroxylation is 1. The van der Waals surface area contributed by atoms with E-state index in [1.165, 1.54) is 36.2 Å². The lowest BCUT2D eigenvalue weighted by atomic mass is 10.1. The first-order chi connectivity index (χ1) is 15.6. The van der Waals surface area contributed by atoms with Crippen molar-refractivity contribution in [2.45, 2.75) is 32.6 Å². The van der Waals surface area contributed by atoms with Gasteiger partial charge in [0.15, 0.2) is 5.13 Å². The first-order valence-corrected chi connectivity index (χ1v) is 11.8. The Balaban J connectivity index is 1.25. The van der Waals surface area contributed by atoms with Crippen LogP contribution in [0.1, 0.15) is 35.5 Å². The topological polar surface area (TPSA) is 85.9 Å². The molecule has 0 atom stereocenters. The van der Waals surface area contributed by atoms with Crippen molar-refractivity contribution in [2.24, 2.45) is 0 Å². The maximum absolute atomic E-state index is 12.7. The highest BCUT2D eigenvalue weighted by Gasteiger charge is 2.17. The van der Waals surface area contributed by atoms with E-state index < -0.39 is 0 Å². The lowest BCUT2D eigenvalue weighted by Gasteiger charge is -2.30. The van der Waals surface area contributed by atoms with Crippen molar-refractivity contribution in [3.8, 4) is 0 Å². The van der Waals surface area contributed by atoms with Crippen LogP contribution in [0.2, 0.25) is 0 Å². The number of benzene rings is 2. The van der Waals surface area contributed by atoms with Gasteiger partial charge in [0.2, 0.25) is 0 Å². The Morgan fingerprint density at radius 1 is 1.12 bits per heavy atom. The van der Waals surface area contributed by atoms with Crippen LogP contribution in [0.4, 0.5) is 21.3 Å². The standard InChI is InChI=1S/C24H26N6OS/c1-16-9-10-20(21(13-16)30-11-5-2-6-12-30)28-23(31)29-24-25-15-17(32-24)14-22-26-18-7-3-4-8-19(18)27-22/h3-4,7-10,13,15H,2,5-6,11-12,14H2,1H3,(H,26,27)(H2,25,28,29,31). The fraction of sp³-hybridized carbons (Fsp3) is 0.292. The molecule has 7 nitrogen and oxygen atoms in total. The van der Waals surface area contributed by atoms with E-state index in [1.54, 1.807) is 6.20 Å². The molecule has 2 aromatic heterocycles. The number of hydrogen-bond donors (Lipinski definition) is 3. The molecule has 3 heterocycles. The van der Waals surface area contributed by atoms with Crippen molar-refractivity contribution < 1.29 is 4.79 Å². The first kappa shape index (κ1) is 20.5. The summed E-state index contributed by atoms with van der Waals surface area (Å²) in [4.78, 5) is 28.4. The van der Waals surface area contributed by atoms with Crippen molar-refractivity contribution in [1.29, 1.82) is 0 Å². The number of nitrogens with zero attached hydrogens (tertiary/aromatic N) is 3. The van der Waals surface area contributed by atoms with Crippen LogP contribution in [0.25, 0.3) is 11.0 Å². The van der Waals surface area contributed by atoms with Crippen LogP contribution in [0.5, 0.6) is 0 Å². The van der Waals surface area contributed by atoms with Crippen LogP contribution in [0.15, 0.2) is 48.7 Å². The number of thiazole rings is 1. The van der Waals surface area contributed by atoms with E-state index in [0.717, 1.165) is 46.2 Å². The monoisotopic (exact) mass is 446 g/mol. The number of urea groups is 1. The summed E-state index contributed by atoms with van der Waals surface area (Å²) in [6, 6.07) is 13.8. The lowest BCUT2D eigenvalue weighted by Crippen LogP contribution is -2.31. The summed E-state index contributed by atoms with van der Waals surface area (Å²) >= 11 is 1.46. The molecule has 8 heteroatoms. The van der Waals surface area contributed by atoms with Crippen molar-refractivity contribution in [3.05, 3.63) is 64.9 Å². The van der Waals surface area contributed by atoms with Crippen LogP contribution >= 0.6 is 11.3 Å². The van der Waals surface area contributed by atoms with Gasteiger partial charge in [-0.05, 0) is 56.0 Å². The first-order valence-electron chi connectivity index (χ1n) is 11.0. The number of imidazole rings is 1. The number of fused-ring (bicyclic) bond motifs is 1. The molecule has 4 aromatic rings. The highest BCUT2D eigenvalue weighted by atomic mass is 32.1. The minimum absolute atomic E-state index is 0.281. The number of carbonyl (C=O) groups is 1. The Morgan fingerprint density at radius 3 is 2.81 bits per heavy atom. The minimum Gasteiger partial charge on any atom is -0.370 e. The maximum atomic E-state index is 12.7. The third kappa shape index (κ3) is 4.60. The molecule has 0 spiro atoms. The number of H-pyrrole nitrogens is 1. The molecule has 0 saturated carbocycles. The van der Waals surface area contributed by atoms with Gasteiger partial charge in [-0.1, -0.05) is 18.2 Å². The summed E-state index contributed by atoms with van der Waals surface area (Å²) in [6.07, 6.45) is 6.08. The van der Waals surface area contributed by atoms with E-state index in [2.05, 4.69) is 43.5 Å². The second kappa shape index (κ2) is 9.00. The van der Waals surface area contributed by atoms with Gasteiger partial charge in [0, 0.05) is 30.6 Å². The molecule has 0 aliphatic carbocycles. The number of piperidine rings is 1. The molecule has 1 aliphatic rings. The van der Waals surface area contributed by atoms with Crippen LogP contribution in [0.3, 0.4) is 0 Å². The van der Waals surface area contributed by atoms with E-state index in [0.29, 0.717) is 11.6 Å². The number of aromatic amines is 1. The van der Waals surface area contributed by atoms with Crippen LogP contribution in [-0.4, -0.2) is 34.1 Å². The lowest BCUT2D eigenvalue weighted by molar-refractivity contribution is 0.262. The van der Waals surface area contributed by atoms with Gasteiger partial charge in [0.1, 0.15) is 5.82 Å². The van der Waals surface area contributed by atoms with Crippen molar-refractivity contribution >= 4 is 44.9 Å². The van der Waals surface area contributed by atoms with Gasteiger partial charge in [-0.15, -0.1) is 11.3 Å². The predicted molar refractivity (Wildman–Crippen MR) is 131 cm³/mol. The molecule has 0 unspecified atom stereocenters. The summed E-state index contributed by atoms with van der Waals surface area (Å²) in [7, 11) is 0. The average molecular weight is 447 g/mol. The second-order valence-electron chi connectivity index (χ2n) is 8.16. The normalized spacial score (nSPS) is 14.0. The number of carbonyl (C=O) groups excluding carboxylic acids is 1. The summed E-state index contributed by atoms with van der Waals surface area (Å²) < 4.78 is 0. The molecule has 164 valence electrons. The third-order valence-corrected chi connectivity index (χ3v) is 6.57. The number of hydrogen-bond acceptors (Lipinski definition) is 5. The molecule has 5 rings (SSSR count). The number of rotatable bonds is 5. The van der Waals surface area contributed by atoms with E-state index in [-0.39, 0.29) is 6.03 Å². The highest BCUT2D eigenvalue weighted by molar-refractivity contribution is 7.15. The molecule has 0 bridgehead atoms. The van der Waals surface area contributed by atoms with Crippen molar-refractivity contribution in [3.63, 3.8) is 0 Å². The van der Waals surface area contributed by atoms with E-state index in [4.69, 9.17) is 0 Å². The molecular weight excluding hydrogens is 420 g/mol. The molecule has 0 radical (unpaired) electrons. The van der Waals surface area contributed by atoms with Gasteiger partial charge in [0.05, 0.1) is 22.4 Å². The zero-order chi connectivity index (χ0) is 21.9. The van der Waals surface area contributed by atoms with Gasteiger partial charge in [-0.25, -0.2) is 14.8 Å². The van der Waals surface area contributed by atoms with Crippen LogP contribution in [-0.2, 0) is 6.42 Å². The molecule has 32 heavy (non-hydrogen) atoms. The number of aromatic nitrogens is 3. The number of para-hydroxylation sites is 2. The number of amides is 2. The van der Waals surface area contributed by atoms with Gasteiger partial charge in [-0.3, -0.25) is 5.32 Å². The molecule has 1 fully saturated rings. The highest BCUT2D eigenvalue weighted by Crippen LogP contribution is 2.30. The van der Waals surface area contributed by atoms with Crippen molar-refractivity contribution in [2.75, 3.05) is 28.6 Å². The third-order valence-electron chi connectivity index (χ3n) is 5.65. The minimum atomic E-state index is -0.281. The Morgan fingerprint density at radius 2 is 1.97 bits per heavy atom. The van der Waals surface area contributed by atoms with Gasteiger partial charge in [0.25, 0.3) is 0 Å². The smallest absolute Gasteiger partial charge is 0.325 e. The van der Waals surface area contributed by atoms with E-state index in [9.17, 15) is 4.79 Å². The SMILES string of the molecule is Cc1ccc(NC(=O)Nc2ncc(Cc3nc4ccccc4[nH]3)s2)c(N2CCCCC2)c1. The zero-order valence-electron chi connectivity index (χ0n) is 18.0. The van der Waals surface area contributed by atoms with Gasteiger partial charge < -0.3 is 15.2 Å². The molecule has 2 amide bonds. The Bertz CT molecular complexity index is 1210.